The van der Waals surface area contributed by atoms with Crippen LogP contribution in [0, 0.1) is 11.8 Å². The van der Waals surface area contributed by atoms with Crippen LogP contribution in [-0.2, 0) is 22.0 Å². The molecule has 1 aromatic carbocycles. The third-order valence-electron chi connectivity index (χ3n) is 8.82. The minimum Gasteiger partial charge on any atom is -0.394 e. The van der Waals surface area contributed by atoms with Crippen molar-refractivity contribution in [1.29, 1.82) is 0 Å². The van der Waals surface area contributed by atoms with Crippen LogP contribution >= 0.6 is 0 Å². The zero-order valence-corrected chi connectivity index (χ0v) is 21.4. The van der Waals surface area contributed by atoms with E-state index < -0.39 is 0 Å². The second-order valence-electron chi connectivity index (χ2n) is 11.5. The number of aromatic nitrogens is 1. The summed E-state index contributed by atoms with van der Waals surface area (Å²) in [6.45, 7) is 17.7. The maximum Gasteiger partial charge on any atom is 0.243 e. The highest BCUT2D eigenvalue weighted by Crippen LogP contribution is 2.54. The summed E-state index contributed by atoms with van der Waals surface area (Å²) >= 11 is 0. The minimum atomic E-state index is -0.319. The molecule has 1 aliphatic carbocycles. The summed E-state index contributed by atoms with van der Waals surface area (Å²) in [5.74, 6) is 0.583. The van der Waals surface area contributed by atoms with Gasteiger partial charge in [-0.05, 0) is 59.3 Å². The van der Waals surface area contributed by atoms with Gasteiger partial charge in [0.2, 0.25) is 5.91 Å². The van der Waals surface area contributed by atoms with Gasteiger partial charge < -0.3 is 20.3 Å². The molecule has 4 rings (SSSR count). The average Bonchev–Trinajstić information content (AvgIpc) is 3.18. The summed E-state index contributed by atoms with van der Waals surface area (Å²) in [5, 5.41) is 14.3. The van der Waals surface area contributed by atoms with Crippen LogP contribution in [0.4, 0.5) is 5.69 Å². The number of anilines is 1. The molecule has 5 heteroatoms. The lowest BCUT2D eigenvalue weighted by atomic mass is 9.57. The number of aliphatic hydroxyl groups excluding tert-OH is 1. The van der Waals surface area contributed by atoms with Crippen LogP contribution in [-0.4, -0.2) is 41.7 Å². The van der Waals surface area contributed by atoms with E-state index in [0.717, 1.165) is 29.6 Å². The molecule has 0 radical (unpaired) electrons. The lowest BCUT2D eigenvalue weighted by Gasteiger charge is -2.47. The molecule has 0 fully saturated rings. The Morgan fingerprint density at radius 3 is 2.55 bits per heavy atom. The first-order chi connectivity index (χ1) is 15.5. The number of rotatable bonds is 4. The first-order valence-electron chi connectivity index (χ1n) is 12.4. The summed E-state index contributed by atoms with van der Waals surface area (Å²) < 4.78 is 0. The number of likely N-dealkylation sites (N-methyl/N-ethyl adjacent to an activating group) is 1. The van der Waals surface area contributed by atoms with Crippen LogP contribution in [0.5, 0.6) is 0 Å². The van der Waals surface area contributed by atoms with Crippen LogP contribution in [0.15, 0.2) is 24.9 Å². The first kappa shape index (κ1) is 23.9. The Kier molecular flexibility index (Phi) is 5.93. The van der Waals surface area contributed by atoms with E-state index in [1.807, 2.05) is 7.05 Å². The van der Waals surface area contributed by atoms with Crippen LogP contribution < -0.4 is 10.2 Å². The van der Waals surface area contributed by atoms with Gasteiger partial charge >= 0.3 is 0 Å². The Morgan fingerprint density at radius 1 is 1.27 bits per heavy atom. The maximum absolute atomic E-state index is 13.3. The number of allylic oxidation sites excluding steroid dienone is 1. The number of aromatic amines is 1. The Hall–Kier alpha value is -2.27. The van der Waals surface area contributed by atoms with E-state index in [1.54, 1.807) is 0 Å². The molecule has 2 aliphatic rings. The first-order valence-corrected chi connectivity index (χ1v) is 12.4. The van der Waals surface area contributed by atoms with Gasteiger partial charge in [0.25, 0.3) is 0 Å². The van der Waals surface area contributed by atoms with E-state index in [2.05, 4.69) is 81.7 Å². The predicted molar refractivity (Wildman–Crippen MR) is 137 cm³/mol. The van der Waals surface area contributed by atoms with Gasteiger partial charge in [0, 0.05) is 29.7 Å². The second kappa shape index (κ2) is 8.19. The molecule has 0 saturated heterocycles. The van der Waals surface area contributed by atoms with E-state index in [1.165, 1.54) is 16.5 Å². The van der Waals surface area contributed by atoms with Crippen molar-refractivity contribution in [3.05, 3.63) is 41.6 Å². The number of aliphatic hydroxyl groups is 1. The van der Waals surface area contributed by atoms with Gasteiger partial charge in [-0.1, -0.05) is 47.6 Å². The van der Waals surface area contributed by atoms with Crippen molar-refractivity contribution in [2.75, 3.05) is 18.6 Å². The molecule has 2 aromatic rings. The highest BCUT2D eigenvalue weighted by atomic mass is 16.3. The molecule has 33 heavy (non-hydrogen) atoms. The molecule has 1 aliphatic heterocycles. The molecule has 0 unspecified atom stereocenters. The molecule has 180 valence electrons. The van der Waals surface area contributed by atoms with Gasteiger partial charge in [-0.3, -0.25) is 4.79 Å². The molecule has 5 nitrogen and oxygen atoms in total. The Morgan fingerprint density at radius 2 is 1.97 bits per heavy atom. The fourth-order valence-corrected chi connectivity index (χ4v) is 6.22. The third-order valence-corrected chi connectivity index (χ3v) is 8.82. The lowest BCUT2D eigenvalue weighted by molar-refractivity contribution is -0.124. The molecule has 1 aromatic heterocycles. The normalized spacial score (nSPS) is 30.1. The van der Waals surface area contributed by atoms with E-state index in [4.69, 9.17) is 0 Å². The van der Waals surface area contributed by atoms with E-state index in [0.29, 0.717) is 12.3 Å². The lowest BCUT2D eigenvalue weighted by Crippen LogP contribution is -2.52. The molecule has 4 atom stereocenters. The third kappa shape index (κ3) is 3.51. The Balaban J connectivity index is 2.11. The topological polar surface area (TPSA) is 68.4 Å². The van der Waals surface area contributed by atoms with Gasteiger partial charge in [-0.2, -0.15) is 0 Å². The van der Waals surface area contributed by atoms with E-state index >= 15 is 0 Å². The standard InChI is InChI=1S/C28H41N3O2/c1-9-27(6)10-11-28(7,17(4)5)20-13-21-22-18(14-29-24(22)23(20)27)12-19(15-32)30-26(33)25(16(2)3)31(21)8/h9,13-14,16-17,19,25,29,32H,1,10-12,15H2,2-8H3,(H,30,33)/t19-,25-,27+,28-/m1/s1. The highest BCUT2D eigenvalue weighted by Gasteiger charge is 2.45. The van der Waals surface area contributed by atoms with Crippen molar-refractivity contribution in [3.8, 4) is 0 Å². The van der Waals surface area contributed by atoms with Gasteiger partial charge in [0.1, 0.15) is 6.04 Å². The van der Waals surface area contributed by atoms with E-state index in [-0.39, 0.29) is 41.3 Å². The van der Waals surface area contributed by atoms with Crippen LogP contribution in [0.3, 0.4) is 0 Å². The van der Waals surface area contributed by atoms with Gasteiger partial charge in [0.05, 0.1) is 18.2 Å². The number of nitrogens with zero attached hydrogens (tertiary/aromatic N) is 1. The van der Waals surface area contributed by atoms with Crippen molar-refractivity contribution < 1.29 is 9.90 Å². The number of benzene rings is 1. The fourth-order valence-electron chi connectivity index (χ4n) is 6.22. The monoisotopic (exact) mass is 451 g/mol. The highest BCUT2D eigenvalue weighted by molar-refractivity contribution is 6.01. The summed E-state index contributed by atoms with van der Waals surface area (Å²) in [5.41, 5.74) is 6.04. The quantitative estimate of drug-likeness (QED) is 0.584. The predicted octanol–water partition coefficient (Wildman–Crippen LogP) is 4.81. The molecular weight excluding hydrogens is 410 g/mol. The second-order valence-corrected chi connectivity index (χ2v) is 11.5. The molecular formula is C28H41N3O2. The van der Waals surface area contributed by atoms with Crippen LogP contribution in [0.2, 0.25) is 0 Å². The summed E-state index contributed by atoms with van der Waals surface area (Å²) in [7, 11) is 2.05. The van der Waals surface area contributed by atoms with Crippen molar-refractivity contribution in [2.24, 2.45) is 11.8 Å². The maximum atomic E-state index is 13.3. The number of fused-ring (bicyclic) bond motifs is 2. The summed E-state index contributed by atoms with van der Waals surface area (Å²) in [6, 6.07) is 1.75. The van der Waals surface area contributed by atoms with Gasteiger partial charge in [0.15, 0.2) is 0 Å². The molecule has 0 saturated carbocycles. The number of amides is 1. The smallest absolute Gasteiger partial charge is 0.243 e. The number of carbonyl (C=O) groups is 1. The van der Waals surface area contributed by atoms with Crippen molar-refractivity contribution in [3.63, 3.8) is 0 Å². The molecule has 1 amide bonds. The fraction of sp³-hybridized carbons (Fsp3) is 0.607. The Labute approximate surface area is 198 Å². The van der Waals surface area contributed by atoms with Gasteiger partial charge in [-0.25, -0.2) is 0 Å². The molecule has 3 N–H and O–H groups in total. The number of carbonyl (C=O) groups excluding carboxylic acids is 1. The Bertz CT molecular complexity index is 1080. The largest absolute Gasteiger partial charge is 0.394 e. The number of hydrogen-bond acceptors (Lipinski definition) is 3. The van der Waals surface area contributed by atoms with Crippen LogP contribution in [0.1, 0.15) is 71.1 Å². The van der Waals surface area contributed by atoms with E-state index in [9.17, 15) is 9.90 Å². The molecule has 2 heterocycles. The zero-order valence-electron chi connectivity index (χ0n) is 21.4. The number of nitrogens with one attached hydrogen (secondary N) is 2. The van der Waals surface area contributed by atoms with Crippen molar-refractivity contribution in [1.82, 2.24) is 10.3 Å². The minimum absolute atomic E-state index is 0.0193. The van der Waals surface area contributed by atoms with Crippen LogP contribution in [0.25, 0.3) is 10.9 Å². The zero-order chi connectivity index (χ0) is 24.3. The number of H-pyrrole nitrogens is 1. The van der Waals surface area contributed by atoms with Crippen molar-refractivity contribution >= 4 is 22.5 Å². The molecule has 0 bridgehead atoms. The molecule has 0 spiro atoms. The average molecular weight is 452 g/mol. The van der Waals surface area contributed by atoms with Crippen molar-refractivity contribution in [2.45, 2.75) is 83.7 Å². The summed E-state index contributed by atoms with van der Waals surface area (Å²) in [4.78, 5) is 19.1. The van der Waals surface area contributed by atoms with Gasteiger partial charge in [-0.15, -0.1) is 6.58 Å². The SMILES string of the molecule is C=C[C@@]1(C)CC[C@](C)(C(C)C)c2cc3c4c(c[nH]c4c21)C[C@H](CO)NC(=O)[C@@H](C(C)C)N3C. The summed E-state index contributed by atoms with van der Waals surface area (Å²) in [6.07, 6.45) is 6.95. The number of hydrogen-bond donors (Lipinski definition) is 3.